The number of imidazole rings is 1. The summed E-state index contributed by atoms with van der Waals surface area (Å²) in [6.45, 7) is 4.85. The Labute approximate surface area is 117 Å². The van der Waals surface area contributed by atoms with Gasteiger partial charge in [0.25, 0.3) is 0 Å². The molecule has 1 aromatic heterocycles. The van der Waals surface area contributed by atoms with Crippen molar-refractivity contribution in [2.75, 3.05) is 5.75 Å². The third kappa shape index (κ3) is 2.25. The zero-order valence-electron chi connectivity index (χ0n) is 11.2. The van der Waals surface area contributed by atoms with Gasteiger partial charge in [0.05, 0.1) is 0 Å². The van der Waals surface area contributed by atoms with E-state index in [1.165, 1.54) is 10.5 Å². The maximum atomic E-state index is 12.2. The molecule has 0 aliphatic carbocycles. The monoisotopic (exact) mass is 274 g/mol. The molecule has 1 aliphatic heterocycles. The van der Waals surface area contributed by atoms with Crippen LogP contribution in [0.5, 0.6) is 0 Å². The Bertz CT molecular complexity index is 642. The minimum atomic E-state index is 0.101. The van der Waals surface area contributed by atoms with E-state index >= 15 is 0 Å². The Morgan fingerprint density at radius 3 is 2.84 bits per heavy atom. The van der Waals surface area contributed by atoms with Crippen molar-refractivity contribution in [1.29, 1.82) is 0 Å². The van der Waals surface area contributed by atoms with Crippen LogP contribution < -0.4 is 5.69 Å². The van der Waals surface area contributed by atoms with Crippen LogP contribution in [-0.2, 0) is 6.54 Å². The lowest BCUT2D eigenvalue weighted by Gasteiger charge is -2.11. The van der Waals surface area contributed by atoms with E-state index in [1.807, 2.05) is 42.6 Å². The molecule has 1 aliphatic rings. The molecule has 1 unspecified atom stereocenters. The van der Waals surface area contributed by atoms with Crippen LogP contribution in [0.2, 0.25) is 0 Å². The number of fused-ring (bicyclic) bond motifs is 1. The van der Waals surface area contributed by atoms with Crippen LogP contribution in [0.25, 0.3) is 0 Å². The minimum Gasteiger partial charge on any atom is -0.299 e. The van der Waals surface area contributed by atoms with Crippen molar-refractivity contribution in [2.45, 2.75) is 37.2 Å². The van der Waals surface area contributed by atoms with Crippen LogP contribution in [0.3, 0.4) is 0 Å². The Kier molecular flexibility index (Phi) is 3.27. The topological polar surface area (TPSA) is 26.9 Å². The van der Waals surface area contributed by atoms with Gasteiger partial charge in [-0.3, -0.25) is 9.13 Å². The lowest BCUT2D eigenvalue weighted by Crippen LogP contribution is -2.27. The van der Waals surface area contributed by atoms with Crippen LogP contribution in [0.15, 0.2) is 46.3 Å². The van der Waals surface area contributed by atoms with Gasteiger partial charge in [0.2, 0.25) is 0 Å². The summed E-state index contributed by atoms with van der Waals surface area (Å²) < 4.78 is 3.63. The number of rotatable bonds is 3. The highest BCUT2D eigenvalue weighted by atomic mass is 32.2. The first-order chi connectivity index (χ1) is 9.16. The molecule has 3 nitrogen and oxygen atoms in total. The van der Waals surface area contributed by atoms with Crippen molar-refractivity contribution >= 4 is 11.8 Å². The zero-order chi connectivity index (χ0) is 13.4. The highest BCUT2D eigenvalue weighted by Crippen LogP contribution is 2.39. The van der Waals surface area contributed by atoms with Crippen molar-refractivity contribution in [2.24, 2.45) is 0 Å². The summed E-state index contributed by atoms with van der Waals surface area (Å²) >= 11 is 1.89. The van der Waals surface area contributed by atoms with Crippen LogP contribution in [-0.4, -0.2) is 14.9 Å². The number of aromatic nitrogens is 2. The van der Waals surface area contributed by atoms with Crippen LogP contribution in [0.1, 0.15) is 31.4 Å². The van der Waals surface area contributed by atoms with E-state index in [1.54, 1.807) is 4.57 Å². The molecule has 1 atom stereocenters. The highest BCUT2D eigenvalue weighted by Gasteiger charge is 2.23. The summed E-state index contributed by atoms with van der Waals surface area (Å²) in [6, 6.07) is 8.74. The molecule has 0 fully saturated rings. The predicted octanol–water partition coefficient (Wildman–Crippen LogP) is 3.12. The van der Waals surface area contributed by atoms with Crippen LogP contribution in [0, 0.1) is 0 Å². The molecule has 2 heterocycles. The van der Waals surface area contributed by atoms with E-state index in [0.29, 0.717) is 5.92 Å². The highest BCUT2D eigenvalue weighted by molar-refractivity contribution is 7.99. The third-order valence-corrected chi connectivity index (χ3v) is 4.90. The summed E-state index contributed by atoms with van der Waals surface area (Å²) in [7, 11) is 0. The number of benzene rings is 1. The van der Waals surface area contributed by atoms with Crippen molar-refractivity contribution in [3.63, 3.8) is 0 Å². The Hall–Kier alpha value is -1.42. The summed E-state index contributed by atoms with van der Waals surface area (Å²) in [5, 5.41) is 0. The first kappa shape index (κ1) is 12.6. The normalized spacial score (nSPS) is 17.9. The summed E-state index contributed by atoms with van der Waals surface area (Å²) in [5.74, 6) is 1.51. The van der Waals surface area contributed by atoms with Gasteiger partial charge in [0.15, 0.2) is 0 Å². The maximum Gasteiger partial charge on any atom is 0.328 e. The van der Waals surface area contributed by atoms with Gasteiger partial charge in [-0.1, -0.05) is 18.2 Å². The molecule has 1 aromatic carbocycles. The van der Waals surface area contributed by atoms with E-state index in [2.05, 4.69) is 24.3 Å². The molecule has 2 aromatic rings. The lowest BCUT2D eigenvalue weighted by atomic mass is 10.0. The van der Waals surface area contributed by atoms with Crippen molar-refractivity contribution < 1.29 is 0 Å². The first-order valence-electron chi connectivity index (χ1n) is 6.66. The van der Waals surface area contributed by atoms with Crippen molar-refractivity contribution in [3.8, 4) is 0 Å². The predicted molar refractivity (Wildman–Crippen MR) is 79.0 cm³/mol. The molecule has 0 N–H and O–H groups in total. The summed E-state index contributed by atoms with van der Waals surface area (Å²) in [6.07, 6.45) is 3.80. The third-order valence-electron chi connectivity index (χ3n) is 3.65. The van der Waals surface area contributed by atoms with Gasteiger partial charge < -0.3 is 0 Å². The summed E-state index contributed by atoms with van der Waals surface area (Å²) in [5.41, 5.74) is 1.49. The number of hydrogen-bond acceptors (Lipinski definition) is 2. The van der Waals surface area contributed by atoms with Crippen LogP contribution >= 0.6 is 11.8 Å². The molecule has 0 saturated heterocycles. The number of hydrogen-bond donors (Lipinski definition) is 0. The van der Waals surface area contributed by atoms with Crippen molar-refractivity contribution in [3.05, 3.63) is 52.7 Å². The molecule has 19 heavy (non-hydrogen) atoms. The standard InChI is InChI=1S/C15H18N2OS/c1-11(2)17-8-7-16(15(17)18)9-12-10-19-14-6-4-3-5-13(12)14/h3-8,11-12H,9-10H2,1-2H3. The van der Waals surface area contributed by atoms with E-state index in [0.717, 1.165) is 12.3 Å². The van der Waals surface area contributed by atoms with E-state index < -0.39 is 0 Å². The van der Waals surface area contributed by atoms with Gasteiger partial charge in [0.1, 0.15) is 0 Å². The Morgan fingerprint density at radius 1 is 1.32 bits per heavy atom. The number of nitrogens with zero attached hydrogens (tertiary/aromatic N) is 2. The zero-order valence-corrected chi connectivity index (χ0v) is 12.1. The molecule has 4 heteroatoms. The van der Waals surface area contributed by atoms with Crippen LogP contribution in [0.4, 0.5) is 0 Å². The largest absolute Gasteiger partial charge is 0.328 e. The molecule has 0 spiro atoms. The minimum absolute atomic E-state index is 0.101. The molecule has 3 rings (SSSR count). The summed E-state index contributed by atoms with van der Waals surface area (Å²) in [4.78, 5) is 13.6. The van der Waals surface area contributed by atoms with E-state index in [4.69, 9.17) is 0 Å². The first-order valence-corrected chi connectivity index (χ1v) is 7.64. The average molecular weight is 274 g/mol. The molecule has 100 valence electrons. The second-order valence-corrected chi connectivity index (χ2v) is 6.34. The smallest absolute Gasteiger partial charge is 0.299 e. The molecular weight excluding hydrogens is 256 g/mol. The quantitative estimate of drug-likeness (QED) is 0.860. The fraction of sp³-hybridized carbons (Fsp3) is 0.400. The second kappa shape index (κ2) is 4.93. The van der Waals surface area contributed by atoms with E-state index in [-0.39, 0.29) is 11.7 Å². The van der Waals surface area contributed by atoms with Gasteiger partial charge in [-0.25, -0.2) is 4.79 Å². The fourth-order valence-corrected chi connectivity index (χ4v) is 3.82. The van der Waals surface area contributed by atoms with E-state index in [9.17, 15) is 4.79 Å². The maximum absolute atomic E-state index is 12.2. The molecular formula is C15H18N2OS. The molecule has 0 amide bonds. The second-order valence-electron chi connectivity index (χ2n) is 5.28. The van der Waals surface area contributed by atoms with Gasteiger partial charge in [-0.2, -0.15) is 0 Å². The molecule has 0 radical (unpaired) electrons. The van der Waals surface area contributed by atoms with Gasteiger partial charge in [-0.15, -0.1) is 11.8 Å². The van der Waals surface area contributed by atoms with Gasteiger partial charge in [-0.05, 0) is 25.5 Å². The van der Waals surface area contributed by atoms with Crippen molar-refractivity contribution in [1.82, 2.24) is 9.13 Å². The number of thioether (sulfide) groups is 1. The fourth-order valence-electron chi connectivity index (χ4n) is 2.58. The SMILES string of the molecule is CC(C)n1ccn(CC2CSc3ccccc32)c1=O. The van der Waals surface area contributed by atoms with Gasteiger partial charge in [0, 0.05) is 41.5 Å². The lowest BCUT2D eigenvalue weighted by molar-refractivity contribution is 0.531. The molecule has 0 bridgehead atoms. The molecule has 0 saturated carbocycles. The Morgan fingerprint density at radius 2 is 2.11 bits per heavy atom. The Balaban J connectivity index is 1.86. The van der Waals surface area contributed by atoms with Gasteiger partial charge >= 0.3 is 5.69 Å². The average Bonchev–Trinajstić information content (AvgIpc) is 2.96.